The fourth-order valence-corrected chi connectivity index (χ4v) is 2.13. The number of fused-ring (bicyclic) bond motifs is 1. The van der Waals surface area contributed by atoms with Gasteiger partial charge in [-0.1, -0.05) is 54.6 Å². The summed E-state index contributed by atoms with van der Waals surface area (Å²) in [6, 6.07) is 20.2. The number of hydrogen-bond acceptors (Lipinski definition) is 2. The second-order valence-corrected chi connectivity index (χ2v) is 4.51. The van der Waals surface area contributed by atoms with Gasteiger partial charge in [0.1, 0.15) is 11.4 Å². The van der Waals surface area contributed by atoms with Gasteiger partial charge in [-0.05, 0) is 23.8 Å². The molecule has 0 atom stereocenters. The van der Waals surface area contributed by atoms with Gasteiger partial charge in [0.05, 0.1) is 12.6 Å². The smallest absolute Gasteiger partial charge is 0.145 e. The number of pyridine rings is 1. The second-order valence-electron chi connectivity index (χ2n) is 4.51. The number of para-hydroxylation sites is 1. The predicted octanol–water partition coefficient (Wildman–Crippen LogP) is 4.41. The van der Waals surface area contributed by atoms with Gasteiger partial charge >= 0.3 is 0 Å². The molecule has 0 unspecified atom stereocenters. The SMILES string of the molecule is COc1cc2ccccc2nc1/C=C/c1ccccc1. The highest BCUT2D eigenvalue weighted by Crippen LogP contribution is 2.24. The Morgan fingerprint density at radius 3 is 2.45 bits per heavy atom. The van der Waals surface area contributed by atoms with Crippen molar-refractivity contribution in [1.82, 2.24) is 4.98 Å². The molecule has 0 amide bonds. The average molecular weight is 261 g/mol. The van der Waals surface area contributed by atoms with Crippen LogP contribution < -0.4 is 4.74 Å². The fourth-order valence-electron chi connectivity index (χ4n) is 2.13. The molecule has 0 aliphatic rings. The van der Waals surface area contributed by atoms with Crippen molar-refractivity contribution in [2.24, 2.45) is 0 Å². The molecule has 0 saturated carbocycles. The molecule has 0 fully saturated rings. The van der Waals surface area contributed by atoms with Crippen molar-refractivity contribution >= 4 is 23.1 Å². The van der Waals surface area contributed by atoms with Crippen molar-refractivity contribution < 1.29 is 4.74 Å². The van der Waals surface area contributed by atoms with E-state index < -0.39 is 0 Å². The van der Waals surface area contributed by atoms with Crippen LogP contribution in [0.5, 0.6) is 5.75 Å². The maximum absolute atomic E-state index is 5.43. The molecule has 1 heterocycles. The van der Waals surface area contributed by atoms with E-state index >= 15 is 0 Å². The van der Waals surface area contributed by atoms with E-state index in [2.05, 4.69) is 17.1 Å². The zero-order valence-corrected chi connectivity index (χ0v) is 11.3. The number of aromatic nitrogens is 1. The molecule has 0 N–H and O–H groups in total. The quantitative estimate of drug-likeness (QED) is 0.696. The van der Waals surface area contributed by atoms with E-state index in [1.54, 1.807) is 7.11 Å². The van der Waals surface area contributed by atoms with E-state index in [0.29, 0.717) is 0 Å². The summed E-state index contributed by atoms with van der Waals surface area (Å²) >= 11 is 0. The van der Waals surface area contributed by atoms with Crippen LogP contribution in [-0.4, -0.2) is 12.1 Å². The summed E-state index contributed by atoms with van der Waals surface area (Å²) in [6.07, 6.45) is 4.03. The van der Waals surface area contributed by atoms with Gasteiger partial charge < -0.3 is 4.74 Å². The van der Waals surface area contributed by atoms with Crippen molar-refractivity contribution in [1.29, 1.82) is 0 Å². The number of methoxy groups -OCH3 is 1. The summed E-state index contributed by atoms with van der Waals surface area (Å²) in [6.45, 7) is 0. The summed E-state index contributed by atoms with van der Waals surface area (Å²) in [4.78, 5) is 4.65. The molecule has 0 aliphatic heterocycles. The van der Waals surface area contributed by atoms with Gasteiger partial charge in [-0.25, -0.2) is 4.98 Å². The maximum Gasteiger partial charge on any atom is 0.145 e. The number of hydrogen-bond donors (Lipinski definition) is 0. The Kier molecular flexibility index (Phi) is 3.46. The van der Waals surface area contributed by atoms with E-state index in [9.17, 15) is 0 Å². The van der Waals surface area contributed by atoms with Crippen molar-refractivity contribution in [3.8, 4) is 5.75 Å². The van der Waals surface area contributed by atoms with E-state index in [0.717, 1.165) is 27.9 Å². The van der Waals surface area contributed by atoms with Crippen molar-refractivity contribution in [3.05, 3.63) is 71.9 Å². The summed E-state index contributed by atoms with van der Waals surface area (Å²) in [5.74, 6) is 0.788. The molecule has 1 aromatic heterocycles. The number of ether oxygens (including phenoxy) is 1. The Labute approximate surface area is 118 Å². The van der Waals surface area contributed by atoms with Gasteiger partial charge in [0.15, 0.2) is 0 Å². The topological polar surface area (TPSA) is 22.1 Å². The van der Waals surface area contributed by atoms with Crippen LogP contribution in [0.3, 0.4) is 0 Å². The normalized spacial score (nSPS) is 11.1. The third kappa shape index (κ3) is 2.54. The van der Waals surface area contributed by atoms with Crippen LogP contribution in [0.15, 0.2) is 60.7 Å². The van der Waals surface area contributed by atoms with Crippen LogP contribution in [0.25, 0.3) is 23.1 Å². The molecule has 3 aromatic rings. The minimum atomic E-state index is 0.788. The highest BCUT2D eigenvalue weighted by Gasteiger charge is 2.04. The molecular weight excluding hydrogens is 246 g/mol. The van der Waals surface area contributed by atoms with Gasteiger partial charge in [0, 0.05) is 5.39 Å². The molecule has 2 aromatic carbocycles. The van der Waals surface area contributed by atoms with Crippen LogP contribution in [0.1, 0.15) is 11.3 Å². The molecule has 20 heavy (non-hydrogen) atoms. The molecule has 0 spiro atoms. The summed E-state index contributed by atoms with van der Waals surface area (Å²) < 4.78 is 5.43. The zero-order valence-electron chi connectivity index (χ0n) is 11.3. The largest absolute Gasteiger partial charge is 0.494 e. The average Bonchev–Trinajstić information content (AvgIpc) is 2.53. The number of rotatable bonds is 3. The third-order valence-corrected chi connectivity index (χ3v) is 3.17. The molecule has 2 nitrogen and oxygen atoms in total. The Hall–Kier alpha value is -2.61. The summed E-state index contributed by atoms with van der Waals surface area (Å²) in [5, 5.41) is 1.08. The zero-order chi connectivity index (χ0) is 13.8. The number of benzene rings is 2. The molecule has 0 radical (unpaired) electrons. The Balaban J connectivity index is 2.04. The lowest BCUT2D eigenvalue weighted by molar-refractivity contribution is 0.412. The Bertz CT molecular complexity index is 748. The van der Waals surface area contributed by atoms with Crippen molar-refractivity contribution in [2.45, 2.75) is 0 Å². The van der Waals surface area contributed by atoms with Crippen LogP contribution >= 0.6 is 0 Å². The summed E-state index contributed by atoms with van der Waals surface area (Å²) in [7, 11) is 1.67. The Morgan fingerprint density at radius 2 is 1.65 bits per heavy atom. The summed E-state index contributed by atoms with van der Waals surface area (Å²) in [5.41, 5.74) is 2.96. The van der Waals surface area contributed by atoms with Gasteiger partial charge in [0.25, 0.3) is 0 Å². The lowest BCUT2D eigenvalue weighted by Crippen LogP contribution is -1.91. The van der Waals surface area contributed by atoms with Gasteiger partial charge in [-0.3, -0.25) is 0 Å². The third-order valence-electron chi connectivity index (χ3n) is 3.17. The molecule has 0 aliphatic carbocycles. The first kappa shape index (κ1) is 12.4. The van der Waals surface area contributed by atoms with E-state index in [1.165, 1.54) is 0 Å². The molecule has 3 rings (SSSR count). The first-order chi connectivity index (χ1) is 9.86. The fraction of sp³-hybridized carbons (Fsp3) is 0.0556. The molecular formula is C18H15NO. The first-order valence-corrected chi connectivity index (χ1v) is 6.54. The lowest BCUT2D eigenvalue weighted by Gasteiger charge is -2.06. The van der Waals surface area contributed by atoms with E-state index in [1.807, 2.05) is 60.7 Å². The predicted molar refractivity (Wildman–Crippen MR) is 83.7 cm³/mol. The van der Waals surface area contributed by atoms with E-state index in [-0.39, 0.29) is 0 Å². The van der Waals surface area contributed by atoms with Crippen LogP contribution in [0.4, 0.5) is 0 Å². The second kappa shape index (κ2) is 5.57. The van der Waals surface area contributed by atoms with Gasteiger partial charge in [-0.2, -0.15) is 0 Å². The van der Waals surface area contributed by atoms with Gasteiger partial charge in [-0.15, -0.1) is 0 Å². The van der Waals surface area contributed by atoms with E-state index in [4.69, 9.17) is 4.74 Å². The van der Waals surface area contributed by atoms with Crippen LogP contribution in [0.2, 0.25) is 0 Å². The minimum absolute atomic E-state index is 0.788. The monoisotopic (exact) mass is 261 g/mol. The highest BCUT2D eigenvalue weighted by atomic mass is 16.5. The minimum Gasteiger partial charge on any atom is -0.494 e. The molecule has 2 heteroatoms. The standard InChI is InChI=1S/C18H15NO/c1-20-18-13-15-9-5-6-10-16(15)19-17(18)12-11-14-7-3-2-4-8-14/h2-13H,1H3/b12-11+. The van der Waals surface area contributed by atoms with Crippen molar-refractivity contribution in [2.75, 3.05) is 7.11 Å². The maximum atomic E-state index is 5.43. The Morgan fingerprint density at radius 1 is 0.900 bits per heavy atom. The highest BCUT2D eigenvalue weighted by molar-refractivity contribution is 5.83. The van der Waals surface area contributed by atoms with Crippen LogP contribution in [0, 0.1) is 0 Å². The van der Waals surface area contributed by atoms with Crippen LogP contribution in [-0.2, 0) is 0 Å². The molecule has 98 valence electrons. The lowest BCUT2D eigenvalue weighted by atomic mass is 10.1. The van der Waals surface area contributed by atoms with Crippen molar-refractivity contribution in [3.63, 3.8) is 0 Å². The molecule has 0 saturated heterocycles. The molecule has 0 bridgehead atoms. The first-order valence-electron chi connectivity index (χ1n) is 6.54. The van der Waals surface area contributed by atoms with Gasteiger partial charge in [0.2, 0.25) is 0 Å². The number of nitrogens with zero attached hydrogens (tertiary/aromatic N) is 1.